The van der Waals surface area contributed by atoms with Gasteiger partial charge in [0.2, 0.25) is 5.91 Å². The van der Waals surface area contributed by atoms with Crippen molar-refractivity contribution in [2.45, 2.75) is 46.5 Å². The van der Waals surface area contributed by atoms with Gasteiger partial charge in [0, 0.05) is 29.6 Å². The molecule has 4 rings (SSSR count). The zero-order valence-corrected chi connectivity index (χ0v) is 20.6. The van der Waals surface area contributed by atoms with Gasteiger partial charge in [-0.15, -0.1) is 0 Å². The third-order valence-corrected chi connectivity index (χ3v) is 6.18. The number of nitrogens with two attached hydrogens (primary N) is 1. The minimum absolute atomic E-state index is 0.0105. The zero-order chi connectivity index (χ0) is 26.9. The number of aryl methyl sites for hydroxylation is 1. The van der Waals surface area contributed by atoms with E-state index in [9.17, 15) is 18.0 Å². The Hall–Kier alpha value is -3.61. The molecule has 1 atom stereocenters. The van der Waals surface area contributed by atoms with Gasteiger partial charge < -0.3 is 20.5 Å². The fourth-order valence-electron chi connectivity index (χ4n) is 3.84. The summed E-state index contributed by atoms with van der Waals surface area (Å²) in [5, 5.41) is 13.2. The van der Waals surface area contributed by atoms with Crippen molar-refractivity contribution in [1.82, 2.24) is 24.6 Å². The number of benzene rings is 1. The predicted molar refractivity (Wildman–Crippen MR) is 125 cm³/mol. The smallest absolute Gasteiger partial charge is 0.490 e. The quantitative estimate of drug-likeness (QED) is 0.514. The number of alkyl halides is 3. The van der Waals surface area contributed by atoms with Gasteiger partial charge in [-0.25, -0.2) is 19.4 Å². The Bertz CT molecular complexity index is 1330. The summed E-state index contributed by atoms with van der Waals surface area (Å²) in [6.45, 7) is 8.83. The van der Waals surface area contributed by atoms with Crippen molar-refractivity contribution >= 4 is 40.3 Å². The second-order valence-corrected chi connectivity index (χ2v) is 8.54. The molecule has 2 aromatic heterocycles. The first-order valence-electron chi connectivity index (χ1n) is 10.7. The van der Waals surface area contributed by atoms with Gasteiger partial charge in [-0.05, 0) is 32.4 Å². The molecule has 0 spiro atoms. The van der Waals surface area contributed by atoms with Crippen molar-refractivity contribution in [2.24, 2.45) is 0 Å². The minimum atomic E-state index is -5.08. The third kappa shape index (κ3) is 5.30. The van der Waals surface area contributed by atoms with Crippen molar-refractivity contribution in [1.29, 1.82) is 0 Å². The second kappa shape index (κ2) is 10.2. The van der Waals surface area contributed by atoms with E-state index in [4.69, 9.17) is 32.0 Å². The molecule has 10 nitrogen and oxygen atoms in total. The maximum Gasteiger partial charge on any atom is 0.490 e. The molecule has 1 amide bonds. The number of hydrogen-bond acceptors (Lipinski definition) is 7. The van der Waals surface area contributed by atoms with Gasteiger partial charge in [-0.1, -0.05) is 11.6 Å². The molecule has 194 valence electrons. The van der Waals surface area contributed by atoms with E-state index in [-0.39, 0.29) is 11.9 Å². The third-order valence-electron chi connectivity index (χ3n) is 5.78. The van der Waals surface area contributed by atoms with Crippen molar-refractivity contribution in [3.8, 4) is 5.75 Å². The van der Waals surface area contributed by atoms with Gasteiger partial charge >= 0.3 is 12.1 Å². The molecule has 0 aliphatic carbocycles. The number of nitrogen functional groups attached to an aromatic ring is 1. The molecule has 0 saturated heterocycles. The highest BCUT2D eigenvalue weighted by molar-refractivity contribution is 6.31. The van der Waals surface area contributed by atoms with Gasteiger partial charge in [0.1, 0.15) is 24.5 Å². The fourth-order valence-corrected chi connectivity index (χ4v) is 4.07. The van der Waals surface area contributed by atoms with Crippen LogP contribution in [0.3, 0.4) is 0 Å². The summed E-state index contributed by atoms with van der Waals surface area (Å²) < 4.78 is 39.7. The van der Waals surface area contributed by atoms with Gasteiger partial charge in [-0.3, -0.25) is 4.79 Å². The number of carbonyl (C=O) groups is 2. The molecular formula is C22H24ClF3N6O4. The van der Waals surface area contributed by atoms with Gasteiger partial charge in [0.05, 0.1) is 23.7 Å². The van der Waals surface area contributed by atoms with E-state index in [1.165, 1.54) is 6.33 Å². The van der Waals surface area contributed by atoms with Crippen molar-refractivity contribution in [3.05, 3.63) is 39.8 Å². The van der Waals surface area contributed by atoms with Crippen LogP contribution in [0.15, 0.2) is 12.4 Å². The lowest BCUT2D eigenvalue weighted by Crippen LogP contribution is -2.30. The molecule has 3 N–H and O–H groups in total. The fraction of sp³-hybridized carbons (Fsp3) is 0.409. The topological polar surface area (TPSA) is 136 Å². The summed E-state index contributed by atoms with van der Waals surface area (Å²) >= 11 is 6.58. The summed E-state index contributed by atoms with van der Waals surface area (Å²) in [6.07, 6.45) is -3.65. The van der Waals surface area contributed by atoms with Crippen LogP contribution < -0.4 is 10.5 Å². The lowest BCUT2D eigenvalue weighted by molar-refractivity contribution is -0.192. The van der Waals surface area contributed by atoms with Gasteiger partial charge in [-0.2, -0.15) is 18.3 Å². The van der Waals surface area contributed by atoms with Crippen LogP contribution in [-0.4, -0.2) is 61.0 Å². The van der Waals surface area contributed by atoms with E-state index < -0.39 is 12.1 Å². The van der Waals surface area contributed by atoms with Crippen LogP contribution in [0.5, 0.6) is 5.75 Å². The monoisotopic (exact) mass is 528 g/mol. The molecule has 0 fully saturated rings. The average Bonchev–Trinajstić information content (AvgIpc) is 2.98. The summed E-state index contributed by atoms with van der Waals surface area (Å²) in [5.74, 6) is -1.59. The van der Waals surface area contributed by atoms with Crippen LogP contribution in [0.25, 0.3) is 11.0 Å². The van der Waals surface area contributed by atoms with E-state index in [1.807, 2.05) is 31.5 Å². The largest absolute Gasteiger partial charge is 0.491 e. The number of carboxylic acid groups (broad SMARTS) is 1. The molecule has 0 bridgehead atoms. The van der Waals surface area contributed by atoms with Gasteiger partial charge in [0.25, 0.3) is 0 Å². The number of carbonyl (C=O) groups excluding carboxylic acids is 1. The van der Waals surface area contributed by atoms with Gasteiger partial charge in [0.15, 0.2) is 5.65 Å². The SMILES string of the molecule is CC(=O)N1CCOc2c(C(C)n3nc(C)c4c(N)ncnc43)cc(Cl)c(C)c2C1.O=C(O)C(F)(F)F. The number of hydrogen-bond donors (Lipinski definition) is 2. The minimum Gasteiger partial charge on any atom is -0.491 e. The lowest BCUT2D eigenvalue weighted by Gasteiger charge is -2.22. The van der Waals surface area contributed by atoms with Crippen molar-refractivity contribution in [3.63, 3.8) is 0 Å². The van der Waals surface area contributed by atoms with E-state index in [1.54, 1.807) is 11.8 Å². The van der Waals surface area contributed by atoms with Crippen LogP contribution in [0, 0.1) is 13.8 Å². The lowest BCUT2D eigenvalue weighted by atomic mass is 9.98. The van der Waals surface area contributed by atoms with Crippen molar-refractivity contribution < 1.29 is 32.6 Å². The highest BCUT2D eigenvalue weighted by Crippen LogP contribution is 2.40. The number of anilines is 1. The molecule has 1 aliphatic rings. The van der Waals surface area contributed by atoms with Crippen LogP contribution in [-0.2, 0) is 16.1 Å². The Morgan fingerprint density at radius 3 is 2.50 bits per heavy atom. The van der Waals surface area contributed by atoms with E-state index in [0.29, 0.717) is 36.2 Å². The number of fused-ring (bicyclic) bond motifs is 2. The number of ether oxygens (including phenoxy) is 1. The van der Waals surface area contributed by atoms with Crippen LogP contribution in [0.4, 0.5) is 19.0 Å². The predicted octanol–water partition coefficient (Wildman–Crippen LogP) is 3.66. The molecule has 3 heterocycles. The molecule has 36 heavy (non-hydrogen) atoms. The van der Waals surface area contributed by atoms with Crippen molar-refractivity contribution in [2.75, 3.05) is 18.9 Å². The Morgan fingerprint density at radius 2 is 1.92 bits per heavy atom. The van der Waals surface area contributed by atoms with Crippen LogP contribution in [0.2, 0.25) is 5.02 Å². The summed E-state index contributed by atoms with van der Waals surface area (Å²) in [7, 11) is 0. The standard InChI is InChI=1S/C20H23ClN6O2.C2HF3O2/c1-10-15-8-26(13(4)28)5-6-29-18(15)14(7-16(10)21)12(3)27-20-17(11(2)25-27)19(22)23-9-24-20;3-2(4,5)1(6)7/h7,9,12H,5-6,8H2,1-4H3,(H2,22,23,24);(H,6,7). The maximum atomic E-state index is 12.0. The zero-order valence-electron chi connectivity index (χ0n) is 19.9. The first kappa shape index (κ1) is 27.0. The Balaban J connectivity index is 0.000000454. The summed E-state index contributed by atoms with van der Waals surface area (Å²) in [4.78, 5) is 31.1. The molecule has 0 radical (unpaired) electrons. The summed E-state index contributed by atoms with van der Waals surface area (Å²) in [6, 6.07) is 1.70. The number of nitrogens with zero attached hydrogens (tertiary/aromatic N) is 5. The average molecular weight is 529 g/mol. The maximum absolute atomic E-state index is 12.0. The Labute approximate surface area is 208 Å². The number of aliphatic carboxylic acids is 1. The second-order valence-electron chi connectivity index (χ2n) is 8.14. The number of amides is 1. The molecule has 3 aromatic rings. The molecule has 14 heteroatoms. The summed E-state index contributed by atoms with van der Waals surface area (Å²) in [5.41, 5.74) is 10.2. The number of rotatable bonds is 2. The molecule has 1 unspecified atom stereocenters. The number of aromatic nitrogens is 4. The highest BCUT2D eigenvalue weighted by atomic mass is 35.5. The first-order valence-corrected chi connectivity index (χ1v) is 11.1. The van der Waals surface area contributed by atoms with E-state index in [0.717, 1.165) is 33.5 Å². The highest BCUT2D eigenvalue weighted by Gasteiger charge is 2.38. The van der Waals surface area contributed by atoms with E-state index >= 15 is 0 Å². The number of halogens is 4. The Morgan fingerprint density at radius 1 is 1.28 bits per heavy atom. The molecule has 0 saturated carbocycles. The molecular weight excluding hydrogens is 505 g/mol. The first-order chi connectivity index (χ1) is 16.7. The van der Waals surface area contributed by atoms with E-state index in [2.05, 4.69) is 15.1 Å². The number of carboxylic acids is 1. The van der Waals surface area contributed by atoms with Crippen LogP contribution in [0.1, 0.15) is 42.3 Å². The molecule has 1 aromatic carbocycles. The Kier molecular flexibility index (Phi) is 7.62. The van der Waals surface area contributed by atoms with Crippen LogP contribution >= 0.6 is 11.6 Å². The normalized spacial score (nSPS) is 14.3. The molecule has 1 aliphatic heterocycles.